The molecule has 4 nitrogen and oxygen atoms in total. The van der Waals surface area contributed by atoms with Gasteiger partial charge in [-0.25, -0.2) is 4.98 Å². The number of fused-ring (bicyclic) bond motifs is 1. The molecule has 0 saturated carbocycles. The number of rotatable bonds is 5. The fourth-order valence-electron chi connectivity index (χ4n) is 1.67. The largest absolute Gasteiger partial charge is 0.381 e. The van der Waals surface area contributed by atoms with Crippen molar-refractivity contribution in [2.24, 2.45) is 0 Å². The van der Waals surface area contributed by atoms with Crippen molar-refractivity contribution in [1.82, 2.24) is 9.97 Å². The van der Waals surface area contributed by atoms with E-state index in [-0.39, 0.29) is 0 Å². The van der Waals surface area contributed by atoms with Crippen LogP contribution < -0.4 is 0 Å². The zero-order valence-electron chi connectivity index (χ0n) is 9.86. The Balaban J connectivity index is 2.07. The molecular formula is C13H15N3O. The second kappa shape index (κ2) is 5.46. The topological polar surface area (TPSA) is 61.7 Å². The Hall–Kier alpha value is -1.86. The van der Waals surface area contributed by atoms with Crippen LogP contribution in [0.1, 0.15) is 24.7 Å². The molecule has 0 radical (unpaired) electrons. The van der Waals surface area contributed by atoms with Crippen LogP contribution in [0.2, 0.25) is 0 Å². The van der Waals surface area contributed by atoms with Crippen LogP contribution in [-0.2, 0) is 11.2 Å². The first kappa shape index (κ1) is 11.6. The number of ether oxygens (including phenoxy) is 1. The fraction of sp³-hybridized carbons (Fsp3) is 0.385. The van der Waals surface area contributed by atoms with Gasteiger partial charge in [-0.15, -0.1) is 0 Å². The van der Waals surface area contributed by atoms with E-state index in [2.05, 4.69) is 23.0 Å². The van der Waals surface area contributed by atoms with Crippen molar-refractivity contribution >= 4 is 11.0 Å². The van der Waals surface area contributed by atoms with Gasteiger partial charge in [0.15, 0.2) is 0 Å². The lowest BCUT2D eigenvalue weighted by Crippen LogP contribution is -2.00. The minimum atomic E-state index is 0.648. The maximum Gasteiger partial charge on any atom is 0.109 e. The van der Waals surface area contributed by atoms with E-state index in [4.69, 9.17) is 10.00 Å². The first-order valence-electron chi connectivity index (χ1n) is 5.80. The molecule has 1 N–H and O–H groups in total. The minimum Gasteiger partial charge on any atom is -0.381 e. The van der Waals surface area contributed by atoms with Gasteiger partial charge in [0.2, 0.25) is 0 Å². The first-order chi connectivity index (χ1) is 8.33. The van der Waals surface area contributed by atoms with Gasteiger partial charge >= 0.3 is 0 Å². The van der Waals surface area contributed by atoms with Crippen molar-refractivity contribution in [3.05, 3.63) is 29.6 Å². The second-order valence-corrected chi connectivity index (χ2v) is 3.89. The van der Waals surface area contributed by atoms with Crippen molar-refractivity contribution in [2.45, 2.75) is 19.8 Å². The summed E-state index contributed by atoms with van der Waals surface area (Å²) < 4.78 is 5.42. The number of hydrogen-bond donors (Lipinski definition) is 1. The van der Waals surface area contributed by atoms with Crippen LogP contribution in [-0.4, -0.2) is 23.2 Å². The SMILES string of the molecule is CCCOCCc1nc2ccc(C#N)cc2[nH]1. The van der Waals surface area contributed by atoms with Crippen molar-refractivity contribution in [2.75, 3.05) is 13.2 Å². The lowest BCUT2D eigenvalue weighted by Gasteiger charge is -1.98. The summed E-state index contributed by atoms with van der Waals surface area (Å²) >= 11 is 0. The van der Waals surface area contributed by atoms with Crippen LogP contribution in [0.5, 0.6) is 0 Å². The molecule has 1 aromatic heterocycles. The Morgan fingerprint density at radius 1 is 1.41 bits per heavy atom. The number of aromatic amines is 1. The predicted octanol–water partition coefficient (Wildman–Crippen LogP) is 2.40. The van der Waals surface area contributed by atoms with E-state index < -0.39 is 0 Å². The third-order valence-electron chi connectivity index (χ3n) is 2.49. The molecule has 0 atom stereocenters. The molecule has 0 aliphatic carbocycles. The van der Waals surface area contributed by atoms with Gasteiger partial charge in [0, 0.05) is 13.0 Å². The summed E-state index contributed by atoms with van der Waals surface area (Å²) in [6, 6.07) is 7.57. The normalized spacial score (nSPS) is 10.6. The van der Waals surface area contributed by atoms with Crippen molar-refractivity contribution < 1.29 is 4.74 Å². The maximum atomic E-state index is 8.80. The van der Waals surface area contributed by atoms with Crippen LogP contribution in [0.15, 0.2) is 18.2 Å². The Kier molecular flexibility index (Phi) is 3.73. The molecule has 2 aromatic rings. The summed E-state index contributed by atoms with van der Waals surface area (Å²) in [5.74, 6) is 0.909. The molecule has 0 bridgehead atoms. The molecule has 0 aliphatic heterocycles. The van der Waals surface area contributed by atoms with Crippen molar-refractivity contribution in [3.63, 3.8) is 0 Å². The molecule has 0 fully saturated rings. The summed E-state index contributed by atoms with van der Waals surface area (Å²) in [6.45, 7) is 3.56. The average Bonchev–Trinajstić information content (AvgIpc) is 2.76. The lowest BCUT2D eigenvalue weighted by atomic mass is 10.2. The zero-order chi connectivity index (χ0) is 12.1. The molecule has 2 rings (SSSR count). The first-order valence-corrected chi connectivity index (χ1v) is 5.80. The highest BCUT2D eigenvalue weighted by Gasteiger charge is 2.03. The Morgan fingerprint density at radius 2 is 2.29 bits per heavy atom. The smallest absolute Gasteiger partial charge is 0.109 e. The van der Waals surface area contributed by atoms with Gasteiger partial charge in [0.1, 0.15) is 5.82 Å². The number of benzene rings is 1. The average molecular weight is 229 g/mol. The predicted molar refractivity (Wildman–Crippen MR) is 65.6 cm³/mol. The molecule has 0 aliphatic rings. The monoisotopic (exact) mass is 229 g/mol. The van der Waals surface area contributed by atoms with Gasteiger partial charge in [-0.05, 0) is 24.6 Å². The van der Waals surface area contributed by atoms with Crippen LogP contribution in [0, 0.1) is 11.3 Å². The molecule has 0 amide bonds. The lowest BCUT2D eigenvalue weighted by molar-refractivity contribution is 0.137. The number of aromatic nitrogens is 2. The van der Waals surface area contributed by atoms with Crippen molar-refractivity contribution in [3.8, 4) is 6.07 Å². The minimum absolute atomic E-state index is 0.648. The van der Waals surface area contributed by atoms with Crippen LogP contribution >= 0.6 is 0 Å². The van der Waals surface area contributed by atoms with Gasteiger partial charge in [-0.2, -0.15) is 5.26 Å². The van der Waals surface area contributed by atoms with Gasteiger partial charge in [0.05, 0.1) is 29.3 Å². The molecule has 4 heteroatoms. The standard InChI is InChI=1S/C13H15N3O/c1-2-6-17-7-5-13-15-11-4-3-10(9-14)8-12(11)16-13/h3-4,8H,2,5-7H2,1H3,(H,15,16). The third kappa shape index (κ3) is 2.83. The van der Waals surface area contributed by atoms with E-state index in [1.807, 2.05) is 12.1 Å². The van der Waals surface area contributed by atoms with Gasteiger partial charge in [-0.1, -0.05) is 6.92 Å². The summed E-state index contributed by atoms with van der Waals surface area (Å²) in [6.07, 6.45) is 1.81. The molecule has 1 heterocycles. The van der Waals surface area contributed by atoms with E-state index in [9.17, 15) is 0 Å². The van der Waals surface area contributed by atoms with E-state index in [1.54, 1.807) is 6.07 Å². The van der Waals surface area contributed by atoms with Gasteiger partial charge < -0.3 is 9.72 Å². The molecular weight excluding hydrogens is 214 g/mol. The molecule has 0 unspecified atom stereocenters. The number of nitrogens with one attached hydrogen (secondary N) is 1. The third-order valence-corrected chi connectivity index (χ3v) is 2.49. The zero-order valence-corrected chi connectivity index (χ0v) is 9.86. The van der Waals surface area contributed by atoms with E-state index in [0.29, 0.717) is 12.2 Å². The fourth-order valence-corrected chi connectivity index (χ4v) is 1.67. The Bertz CT molecular complexity index is 539. The highest BCUT2D eigenvalue weighted by molar-refractivity contribution is 5.76. The van der Waals surface area contributed by atoms with E-state index in [1.165, 1.54) is 0 Å². The van der Waals surface area contributed by atoms with Crippen LogP contribution in [0.3, 0.4) is 0 Å². The number of nitrogens with zero attached hydrogens (tertiary/aromatic N) is 2. The van der Waals surface area contributed by atoms with Crippen molar-refractivity contribution in [1.29, 1.82) is 5.26 Å². The highest BCUT2D eigenvalue weighted by atomic mass is 16.5. The molecule has 1 aromatic carbocycles. The summed E-state index contributed by atoms with van der Waals surface area (Å²) in [7, 11) is 0. The highest BCUT2D eigenvalue weighted by Crippen LogP contribution is 2.13. The number of hydrogen-bond acceptors (Lipinski definition) is 3. The van der Waals surface area contributed by atoms with E-state index in [0.717, 1.165) is 36.3 Å². The second-order valence-electron chi connectivity index (χ2n) is 3.89. The quantitative estimate of drug-likeness (QED) is 0.801. The number of imidazole rings is 1. The van der Waals surface area contributed by atoms with Gasteiger partial charge in [0.25, 0.3) is 0 Å². The summed E-state index contributed by atoms with van der Waals surface area (Å²) in [5.41, 5.74) is 2.46. The number of H-pyrrole nitrogens is 1. The van der Waals surface area contributed by atoms with E-state index >= 15 is 0 Å². The maximum absolute atomic E-state index is 8.80. The van der Waals surface area contributed by atoms with Gasteiger partial charge in [-0.3, -0.25) is 0 Å². The summed E-state index contributed by atoms with van der Waals surface area (Å²) in [5, 5.41) is 8.80. The summed E-state index contributed by atoms with van der Waals surface area (Å²) in [4.78, 5) is 7.65. The van der Waals surface area contributed by atoms with Crippen LogP contribution in [0.25, 0.3) is 11.0 Å². The molecule has 0 saturated heterocycles. The van der Waals surface area contributed by atoms with Crippen LogP contribution in [0.4, 0.5) is 0 Å². The molecule has 17 heavy (non-hydrogen) atoms. The molecule has 88 valence electrons. The molecule has 0 spiro atoms. The number of nitriles is 1. The Morgan fingerprint density at radius 3 is 3.06 bits per heavy atom. The Labute approximate surface area is 100 Å².